The van der Waals surface area contributed by atoms with Crippen molar-refractivity contribution in [3.8, 4) is 11.3 Å². The maximum Gasteiger partial charge on any atom is 0.271 e. The molecule has 7 nitrogen and oxygen atoms in total. The zero-order valence-corrected chi connectivity index (χ0v) is 18.6. The van der Waals surface area contributed by atoms with Gasteiger partial charge in [-0.3, -0.25) is 9.48 Å². The van der Waals surface area contributed by atoms with Crippen LogP contribution in [0.3, 0.4) is 0 Å². The van der Waals surface area contributed by atoms with Crippen molar-refractivity contribution in [3.63, 3.8) is 0 Å². The summed E-state index contributed by atoms with van der Waals surface area (Å²) < 4.78 is 7.51. The average Bonchev–Trinajstić information content (AvgIpc) is 3.48. The van der Waals surface area contributed by atoms with Gasteiger partial charge in [0.25, 0.3) is 5.91 Å². The SMILES string of the molecule is CNC(=O)c1nn(Cc2ccccc2)c2c1CC(NCc1cc(-c3ccccc3)on1)CC2. The number of nitrogens with zero attached hydrogens (tertiary/aromatic N) is 3. The lowest BCUT2D eigenvalue weighted by atomic mass is 9.91. The van der Waals surface area contributed by atoms with Crippen molar-refractivity contribution in [3.05, 3.63) is 94.9 Å². The number of fused-ring (bicyclic) bond motifs is 1. The van der Waals surface area contributed by atoms with Gasteiger partial charge in [0.05, 0.1) is 12.2 Å². The summed E-state index contributed by atoms with van der Waals surface area (Å²) in [4.78, 5) is 12.5. The van der Waals surface area contributed by atoms with Gasteiger partial charge in [0.2, 0.25) is 0 Å². The van der Waals surface area contributed by atoms with E-state index in [1.54, 1.807) is 7.05 Å². The second-order valence-electron chi connectivity index (χ2n) is 8.37. The second-order valence-corrected chi connectivity index (χ2v) is 8.37. The Bertz CT molecular complexity index is 1230. The molecule has 2 aromatic carbocycles. The average molecular weight is 442 g/mol. The fourth-order valence-electron chi connectivity index (χ4n) is 4.43. The number of nitrogens with one attached hydrogen (secondary N) is 2. The molecule has 0 saturated heterocycles. The normalized spacial score (nSPS) is 15.2. The number of benzene rings is 2. The maximum atomic E-state index is 12.5. The van der Waals surface area contributed by atoms with E-state index in [2.05, 4.69) is 27.9 Å². The minimum atomic E-state index is -0.136. The topological polar surface area (TPSA) is 85.0 Å². The molecule has 1 aliphatic rings. The van der Waals surface area contributed by atoms with Crippen LogP contribution in [-0.2, 0) is 25.9 Å². The van der Waals surface area contributed by atoms with Gasteiger partial charge in [0.15, 0.2) is 11.5 Å². The van der Waals surface area contributed by atoms with Crippen molar-refractivity contribution in [2.75, 3.05) is 7.05 Å². The first kappa shape index (κ1) is 21.2. The third-order valence-electron chi connectivity index (χ3n) is 6.15. The molecule has 2 N–H and O–H groups in total. The van der Waals surface area contributed by atoms with Crippen LogP contribution in [0.5, 0.6) is 0 Å². The standard InChI is InChI=1S/C26H27N5O2/c1-27-26(32)25-22-14-20(12-13-23(22)31(29-25)17-18-8-4-2-5-9-18)28-16-21-15-24(33-30-21)19-10-6-3-7-11-19/h2-11,15,20,28H,12-14,16-17H2,1H3,(H,27,32). The summed E-state index contributed by atoms with van der Waals surface area (Å²) in [7, 11) is 1.65. The Labute approximate surface area is 192 Å². The van der Waals surface area contributed by atoms with Crippen LogP contribution in [0.15, 0.2) is 71.3 Å². The first-order valence-corrected chi connectivity index (χ1v) is 11.3. The van der Waals surface area contributed by atoms with Gasteiger partial charge in [0, 0.05) is 42.5 Å². The van der Waals surface area contributed by atoms with Gasteiger partial charge in [0.1, 0.15) is 0 Å². The number of aromatic nitrogens is 3. The van der Waals surface area contributed by atoms with Gasteiger partial charge in [-0.25, -0.2) is 0 Å². The number of hydrogen-bond acceptors (Lipinski definition) is 5. The predicted octanol–water partition coefficient (Wildman–Crippen LogP) is 3.59. The van der Waals surface area contributed by atoms with Crippen molar-refractivity contribution in [1.82, 2.24) is 25.6 Å². The number of carbonyl (C=O) groups is 1. The Balaban J connectivity index is 1.30. The predicted molar refractivity (Wildman–Crippen MR) is 126 cm³/mol. The van der Waals surface area contributed by atoms with Gasteiger partial charge < -0.3 is 15.2 Å². The van der Waals surface area contributed by atoms with Crippen LogP contribution >= 0.6 is 0 Å². The first-order valence-electron chi connectivity index (χ1n) is 11.3. The second kappa shape index (κ2) is 9.42. The summed E-state index contributed by atoms with van der Waals surface area (Å²) in [6.45, 7) is 1.28. The lowest BCUT2D eigenvalue weighted by Gasteiger charge is -2.24. The highest BCUT2D eigenvalue weighted by atomic mass is 16.5. The summed E-state index contributed by atoms with van der Waals surface area (Å²) in [5, 5.41) is 15.2. The van der Waals surface area contributed by atoms with E-state index in [1.165, 1.54) is 5.56 Å². The Kier molecular flexibility index (Phi) is 6.04. The minimum absolute atomic E-state index is 0.136. The summed E-state index contributed by atoms with van der Waals surface area (Å²) >= 11 is 0. The highest BCUT2D eigenvalue weighted by molar-refractivity contribution is 5.93. The Morgan fingerprint density at radius 1 is 1.12 bits per heavy atom. The van der Waals surface area contributed by atoms with Crippen molar-refractivity contribution in [2.24, 2.45) is 0 Å². The highest BCUT2D eigenvalue weighted by Crippen LogP contribution is 2.26. The van der Waals surface area contributed by atoms with E-state index in [1.807, 2.05) is 59.3 Å². The molecule has 33 heavy (non-hydrogen) atoms. The zero-order chi connectivity index (χ0) is 22.6. The molecule has 2 heterocycles. The van der Waals surface area contributed by atoms with E-state index < -0.39 is 0 Å². The van der Waals surface area contributed by atoms with Crippen LogP contribution in [0.25, 0.3) is 11.3 Å². The number of rotatable bonds is 7. The number of amides is 1. The molecule has 0 aliphatic heterocycles. The van der Waals surface area contributed by atoms with Crippen LogP contribution < -0.4 is 10.6 Å². The third-order valence-corrected chi connectivity index (χ3v) is 6.15. The van der Waals surface area contributed by atoms with E-state index in [-0.39, 0.29) is 11.9 Å². The monoisotopic (exact) mass is 441 g/mol. The smallest absolute Gasteiger partial charge is 0.271 e. The van der Waals surface area contributed by atoms with E-state index >= 15 is 0 Å². The minimum Gasteiger partial charge on any atom is -0.356 e. The molecule has 0 radical (unpaired) electrons. The number of hydrogen-bond donors (Lipinski definition) is 2. The van der Waals surface area contributed by atoms with E-state index in [4.69, 9.17) is 9.62 Å². The molecular formula is C26H27N5O2. The van der Waals surface area contributed by atoms with Crippen LogP contribution in [-0.4, -0.2) is 33.9 Å². The van der Waals surface area contributed by atoms with Gasteiger partial charge in [-0.1, -0.05) is 65.8 Å². The van der Waals surface area contributed by atoms with Crippen molar-refractivity contribution >= 4 is 5.91 Å². The van der Waals surface area contributed by atoms with Crippen molar-refractivity contribution < 1.29 is 9.32 Å². The molecule has 0 saturated carbocycles. The molecule has 1 aliphatic carbocycles. The molecule has 1 amide bonds. The molecular weight excluding hydrogens is 414 g/mol. The molecule has 5 rings (SSSR count). The highest BCUT2D eigenvalue weighted by Gasteiger charge is 2.29. The lowest BCUT2D eigenvalue weighted by Crippen LogP contribution is -2.35. The van der Waals surface area contributed by atoms with E-state index in [0.29, 0.717) is 18.8 Å². The molecule has 1 atom stereocenters. The van der Waals surface area contributed by atoms with Crippen molar-refractivity contribution in [2.45, 2.75) is 38.4 Å². The largest absolute Gasteiger partial charge is 0.356 e. The van der Waals surface area contributed by atoms with Crippen LogP contribution in [0.1, 0.15) is 39.4 Å². The quantitative estimate of drug-likeness (QED) is 0.458. The van der Waals surface area contributed by atoms with Crippen LogP contribution in [0.4, 0.5) is 0 Å². The zero-order valence-electron chi connectivity index (χ0n) is 18.6. The molecule has 1 unspecified atom stereocenters. The maximum absolute atomic E-state index is 12.5. The Morgan fingerprint density at radius 2 is 1.88 bits per heavy atom. The fourth-order valence-corrected chi connectivity index (χ4v) is 4.43. The summed E-state index contributed by atoms with van der Waals surface area (Å²) in [5.74, 6) is 0.630. The molecule has 2 aromatic heterocycles. The Morgan fingerprint density at radius 3 is 2.64 bits per heavy atom. The molecule has 168 valence electrons. The number of carbonyl (C=O) groups excluding carboxylic acids is 1. The Hall–Kier alpha value is -3.71. The molecule has 0 spiro atoms. The lowest BCUT2D eigenvalue weighted by molar-refractivity contribution is 0.0956. The molecule has 4 aromatic rings. The molecule has 7 heteroatoms. The van der Waals surface area contributed by atoms with E-state index in [9.17, 15) is 4.79 Å². The summed E-state index contributed by atoms with van der Waals surface area (Å²) in [5.41, 5.74) is 5.78. The third kappa shape index (κ3) is 4.59. The van der Waals surface area contributed by atoms with Gasteiger partial charge in [-0.05, 0) is 24.8 Å². The van der Waals surface area contributed by atoms with Gasteiger partial charge in [-0.2, -0.15) is 5.10 Å². The fraction of sp³-hybridized carbons (Fsp3) is 0.269. The van der Waals surface area contributed by atoms with Crippen LogP contribution in [0.2, 0.25) is 0 Å². The molecule has 0 bridgehead atoms. The van der Waals surface area contributed by atoms with Gasteiger partial charge >= 0.3 is 0 Å². The summed E-state index contributed by atoms with van der Waals surface area (Å²) in [6.07, 6.45) is 2.61. The molecule has 0 fully saturated rings. The van der Waals surface area contributed by atoms with Crippen LogP contribution in [0, 0.1) is 0 Å². The first-order chi connectivity index (χ1) is 16.2. The van der Waals surface area contributed by atoms with E-state index in [0.717, 1.165) is 47.5 Å². The van der Waals surface area contributed by atoms with Gasteiger partial charge in [-0.15, -0.1) is 0 Å². The summed E-state index contributed by atoms with van der Waals surface area (Å²) in [6, 6.07) is 22.4. The van der Waals surface area contributed by atoms with Crippen molar-refractivity contribution in [1.29, 1.82) is 0 Å².